The number of ether oxygens (including phenoxy) is 1. The first kappa shape index (κ1) is 15.1. The van der Waals surface area contributed by atoms with E-state index >= 15 is 0 Å². The van der Waals surface area contributed by atoms with Gasteiger partial charge in [0.2, 0.25) is 0 Å². The highest BCUT2D eigenvalue weighted by Gasteiger charge is 2.29. The van der Waals surface area contributed by atoms with Crippen molar-refractivity contribution in [1.29, 1.82) is 0 Å². The van der Waals surface area contributed by atoms with E-state index in [1.807, 2.05) is 30.3 Å². The maximum absolute atomic E-state index is 12.3. The van der Waals surface area contributed by atoms with Crippen LogP contribution in [0, 0.1) is 0 Å². The summed E-state index contributed by atoms with van der Waals surface area (Å²) in [5, 5.41) is 13.0. The number of carbonyl (C=O) groups excluding carboxylic acids is 2. The van der Waals surface area contributed by atoms with E-state index < -0.39 is 11.9 Å². The molecule has 1 heterocycles. The summed E-state index contributed by atoms with van der Waals surface area (Å²) in [5.74, 6) is -1.33. The van der Waals surface area contributed by atoms with E-state index in [1.165, 1.54) is 0 Å². The molecule has 0 fully saturated rings. The Kier molecular flexibility index (Phi) is 4.02. The number of nitrogens with one attached hydrogen (secondary N) is 1. The van der Waals surface area contributed by atoms with Crippen LogP contribution in [0.1, 0.15) is 38.8 Å². The zero-order chi connectivity index (χ0) is 16.4. The van der Waals surface area contributed by atoms with Gasteiger partial charge >= 0.3 is 5.97 Å². The highest BCUT2D eigenvalue weighted by Crippen LogP contribution is 2.31. The van der Waals surface area contributed by atoms with Crippen LogP contribution < -0.4 is 5.32 Å². The molecule has 1 atom stereocenters. The highest BCUT2D eigenvalue weighted by molar-refractivity contribution is 6.03. The fraction of sp³-hybridized carbons (Fsp3) is 0.222. The van der Waals surface area contributed by atoms with E-state index in [1.54, 1.807) is 19.1 Å². The lowest BCUT2D eigenvalue weighted by Gasteiger charge is -2.23. The van der Waals surface area contributed by atoms with Gasteiger partial charge in [-0.05, 0) is 24.1 Å². The van der Waals surface area contributed by atoms with Crippen molar-refractivity contribution >= 4 is 11.9 Å². The minimum atomic E-state index is -0.589. The number of esters is 1. The van der Waals surface area contributed by atoms with Crippen molar-refractivity contribution in [2.45, 2.75) is 26.0 Å². The van der Waals surface area contributed by atoms with Gasteiger partial charge in [-0.25, -0.2) is 4.79 Å². The number of carbonyl (C=O) groups is 2. The summed E-state index contributed by atoms with van der Waals surface area (Å²) < 4.78 is 5.13. The smallest absolute Gasteiger partial charge is 0.342 e. The number of cyclic esters (lactones) is 1. The molecule has 118 valence electrons. The number of hydrogen-bond donors (Lipinski definition) is 2. The Morgan fingerprint density at radius 2 is 2.00 bits per heavy atom. The molecule has 0 bridgehead atoms. The lowest BCUT2D eigenvalue weighted by molar-refractivity contribution is 0.0297. The second-order valence-corrected chi connectivity index (χ2v) is 5.58. The monoisotopic (exact) mass is 311 g/mol. The first-order valence-corrected chi connectivity index (χ1v) is 7.44. The first-order valence-electron chi connectivity index (χ1n) is 7.44. The summed E-state index contributed by atoms with van der Waals surface area (Å²) in [6, 6.07) is 12.7. The number of hydrogen-bond acceptors (Lipinski definition) is 4. The van der Waals surface area contributed by atoms with Gasteiger partial charge in [-0.3, -0.25) is 4.79 Å². The van der Waals surface area contributed by atoms with E-state index in [9.17, 15) is 14.7 Å². The van der Waals surface area contributed by atoms with Crippen molar-refractivity contribution < 1.29 is 19.4 Å². The van der Waals surface area contributed by atoms with Crippen molar-refractivity contribution in [1.82, 2.24) is 5.32 Å². The molecule has 1 aliphatic rings. The Balaban J connectivity index is 1.82. The molecule has 1 unspecified atom stereocenters. The Hall–Kier alpha value is -2.82. The fourth-order valence-corrected chi connectivity index (χ4v) is 2.68. The molecular weight excluding hydrogens is 294 g/mol. The minimum absolute atomic E-state index is 0.0752. The SMILES string of the molecule is CC1Cc2ccc(C(=O)NCc3ccccc3)c(O)c2C(=O)O1. The Morgan fingerprint density at radius 3 is 2.74 bits per heavy atom. The maximum Gasteiger partial charge on any atom is 0.342 e. The summed E-state index contributed by atoms with van der Waals surface area (Å²) in [6.45, 7) is 2.13. The quantitative estimate of drug-likeness (QED) is 0.854. The van der Waals surface area contributed by atoms with E-state index in [0.717, 1.165) is 5.56 Å². The van der Waals surface area contributed by atoms with Gasteiger partial charge in [0.25, 0.3) is 5.91 Å². The first-order chi connectivity index (χ1) is 11.1. The van der Waals surface area contributed by atoms with Gasteiger partial charge in [-0.1, -0.05) is 36.4 Å². The average molecular weight is 311 g/mol. The van der Waals surface area contributed by atoms with Crippen LogP contribution in [0.5, 0.6) is 5.75 Å². The zero-order valence-corrected chi connectivity index (χ0v) is 12.7. The normalized spacial score (nSPS) is 16.4. The van der Waals surface area contributed by atoms with Crippen molar-refractivity contribution in [3.05, 3.63) is 64.7 Å². The second-order valence-electron chi connectivity index (χ2n) is 5.58. The number of fused-ring (bicyclic) bond motifs is 1. The number of benzene rings is 2. The molecule has 1 aliphatic heterocycles. The number of amides is 1. The van der Waals surface area contributed by atoms with Crippen molar-refractivity contribution in [2.24, 2.45) is 0 Å². The second kappa shape index (κ2) is 6.12. The molecule has 0 aliphatic carbocycles. The average Bonchev–Trinajstić information content (AvgIpc) is 2.53. The van der Waals surface area contributed by atoms with Crippen LogP contribution in [0.15, 0.2) is 42.5 Å². The van der Waals surface area contributed by atoms with Crippen LogP contribution in [0.4, 0.5) is 0 Å². The van der Waals surface area contributed by atoms with Crippen molar-refractivity contribution in [2.75, 3.05) is 0 Å². The van der Waals surface area contributed by atoms with Crippen molar-refractivity contribution in [3.8, 4) is 5.75 Å². The van der Waals surface area contributed by atoms with E-state index in [-0.39, 0.29) is 23.0 Å². The summed E-state index contributed by atoms with van der Waals surface area (Å²) >= 11 is 0. The lowest BCUT2D eigenvalue weighted by atomic mass is 9.95. The van der Waals surface area contributed by atoms with Gasteiger partial charge in [0.1, 0.15) is 17.4 Å². The van der Waals surface area contributed by atoms with E-state index in [2.05, 4.69) is 5.32 Å². The predicted octanol–water partition coefficient (Wildman–Crippen LogP) is 2.42. The lowest BCUT2D eigenvalue weighted by Crippen LogP contribution is -2.27. The van der Waals surface area contributed by atoms with Crippen molar-refractivity contribution in [3.63, 3.8) is 0 Å². The third kappa shape index (κ3) is 3.04. The molecule has 2 N–H and O–H groups in total. The van der Waals surface area contributed by atoms with Crippen LogP contribution in [0.25, 0.3) is 0 Å². The molecule has 5 nitrogen and oxygen atoms in total. The molecule has 3 rings (SSSR count). The molecule has 5 heteroatoms. The summed E-state index contributed by atoms with van der Waals surface area (Å²) in [6.07, 6.45) is 0.299. The number of phenolic OH excluding ortho intramolecular Hbond substituents is 1. The fourth-order valence-electron chi connectivity index (χ4n) is 2.68. The molecule has 23 heavy (non-hydrogen) atoms. The van der Waals surface area contributed by atoms with Gasteiger partial charge in [0.05, 0.1) is 5.56 Å². The molecule has 0 radical (unpaired) electrons. The maximum atomic E-state index is 12.3. The van der Waals surface area contributed by atoms with Gasteiger partial charge in [0, 0.05) is 13.0 Å². The summed E-state index contributed by atoms with van der Waals surface area (Å²) in [7, 11) is 0. The molecule has 0 spiro atoms. The minimum Gasteiger partial charge on any atom is -0.506 e. The van der Waals surface area contributed by atoms with E-state index in [4.69, 9.17) is 4.74 Å². The van der Waals surface area contributed by atoms with Gasteiger partial charge in [-0.15, -0.1) is 0 Å². The molecule has 0 saturated carbocycles. The topological polar surface area (TPSA) is 75.6 Å². The van der Waals surface area contributed by atoms with Gasteiger partial charge in [0.15, 0.2) is 0 Å². The van der Waals surface area contributed by atoms with Crippen LogP contribution in [0.3, 0.4) is 0 Å². The predicted molar refractivity (Wildman–Crippen MR) is 84.3 cm³/mol. The summed E-state index contributed by atoms with van der Waals surface area (Å²) in [4.78, 5) is 24.2. The van der Waals surface area contributed by atoms with Crippen LogP contribution in [0.2, 0.25) is 0 Å². The van der Waals surface area contributed by atoms with Crippen LogP contribution >= 0.6 is 0 Å². The summed E-state index contributed by atoms with van der Waals surface area (Å²) in [5.41, 5.74) is 1.82. The van der Waals surface area contributed by atoms with E-state index in [0.29, 0.717) is 18.5 Å². The zero-order valence-electron chi connectivity index (χ0n) is 12.7. The molecule has 0 saturated heterocycles. The Morgan fingerprint density at radius 1 is 1.26 bits per heavy atom. The van der Waals surface area contributed by atoms with Crippen LogP contribution in [-0.4, -0.2) is 23.1 Å². The largest absolute Gasteiger partial charge is 0.506 e. The van der Waals surface area contributed by atoms with Crippen LogP contribution in [-0.2, 0) is 17.7 Å². The molecule has 2 aromatic carbocycles. The third-order valence-electron chi connectivity index (χ3n) is 3.82. The molecule has 1 amide bonds. The number of aromatic hydroxyl groups is 1. The molecular formula is C18H17NO4. The molecule has 2 aromatic rings. The van der Waals surface area contributed by atoms with Gasteiger partial charge in [-0.2, -0.15) is 0 Å². The number of rotatable bonds is 3. The molecule has 0 aromatic heterocycles. The third-order valence-corrected chi connectivity index (χ3v) is 3.82. The standard InChI is InChI=1S/C18H17NO4/c1-11-9-13-7-8-14(16(20)15(13)18(22)23-11)17(21)19-10-12-5-3-2-4-6-12/h2-8,11,20H,9-10H2,1H3,(H,19,21). The Bertz CT molecular complexity index is 755. The Labute approximate surface area is 133 Å². The highest BCUT2D eigenvalue weighted by atomic mass is 16.5. The number of phenols is 1. The van der Waals surface area contributed by atoms with Gasteiger partial charge < -0.3 is 15.2 Å².